The van der Waals surface area contributed by atoms with E-state index in [1.54, 1.807) is 24.3 Å². The van der Waals surface area contributed by atoms with E-state index >= 15 is 0 Å². The SMILES string of the molecule is NC(=O)n1nc(Nc2cc(F)cc(F)c2)c2ccccc21. The predicted octanol–water partition coefficient (Wildman–Crippen LogP) is 2.98. The van der Waals surface area contributed by atoms with Crippen LogP contribution in [0.25, 0.3) is 10.9 Å². The third-order valence-electron chi connectivity index (χ3n) is 2.92. The summed E-state index contributed by atoms with van der Waals surface area (Å²) < 4.78 is 27.4. The Balaban J connectivity index is 2.10. The summed E-state index contributed by atoms with van der Waals surface area (Å²) >= 11 is 0. The van der Waals surface area contributed by atoms with E-state index in [4.69, 9.17) is 5.73 Å². The number of hydrogen-bond donors (Lipinski definition) is 2. The van der Waals surface area contributed by atoms with Gasteiger partial charge in [0.05, 0.1) is 5.52 Å². The molecule has 1 aromatic heterocycles. The largest absolute Gasteiger partial charge is 0.350 e. The summed E-state index contributed by atoms with van der Waals surface area (Å²) in [6.07, 6.45) is 0. The van der Waals surface area contributed by atoms with E-state index in [-0.39, 0.29) is 11.5 Å². The normalized spacial score (nSPS) is 10.8. The number of para-hydroxylation sites is 1. The van der Waals surface area contributed by atoms with Crippen molar-refractivity contribution in [3.63, 3.8) is 0 Å². The second-order valence-corrected chi connectivity index (χ2v) is 4.40. The first-order chi connectivity index (χ1) is 10.0. The molecular formula is C14H10F2N4O. The molecule has 0 fully saturated rings. The van der Waals surface area contributed by atoms with Crippen LogP contribution >= 0.6 is 0 Å². The Morgan fingerprint density at radius 3 is 2.48 bits per heavy atom. The van der Waals surface area contributed by atoms with Gasteiger partial charge in [0.15, 0.2) is 5.82 Å². The topological polar surface area (TPSA) is 72.9 Å². The second kappa shape index (κ2) is 4.86. The van der Waals surface area contributed by atoms with Gasteiger partial charge in [0, 0.05) is 17.1 Å². The lowest BCUT2D eigenvalue weighted by atomic mass is 10.2. The van der Waals surface area contributed by atoms with E-state index in [0.717, 1.165) is 22.9 Å². The number of fused-ring (bicyclic) bond motifs is 1. The summed E-state index contributed by atoms with van der Waals surface area (Å²) in [5.41, 5.74) is 5.94. The summed E-state index contributed by atoms with van der Waals surface area (Å²) in [4.78, 5) is 11.4. The molecule has 106 valence electrons. The quantitative estimate of drug-likeness (QED) is 0.761. The minimum Gasteiger partial charge on any atom is -0.350 e. The summed E-state index contributed by atoms with van der Waals surface area (Å²) in [7, 11) is 0. The molecule has 0 bridgehead atoms. The first kappa shape index (κ1) is 13.0. The predicted molar refractivity (Wildman–Crippen MR) is 74.4 cm³/mol. The first-order valence-electron chi connectivity index (χ1n) is 6.05. The molecule has 0 atom stereocenters. The Morgan fingerprint density at radius 1 is 1.14 bits per heavy atom. The number of anilines is 2. The van der Waals surface area contributed by atoms with Crippen molar-refractivity contribution in [3.8, 4) is 0 Å². The van der Waals surface area contributed by atoms with Gasteiger partial charge >= 0.3 is 6.03 Å². The third kappa shape index (κ3) is 2.40. The van der Waals surface area contributed by atoms with Crippen molar-refractivity contribution < 1.29 is 13.6 Å². The summed E-state index contributed by atoms with van der Waals surface area (Å²) in [5.74, 6) is -1.14. The zero-order valence-electron chi connectivity index (χ0n) is 10.7. The molecule has 1 heterocycles. The van der Waals surface area contributed by atoms with Crippen LogP contribution in [0.15, 0.2) is 42.5 Å². The maximum atomic E-state index is 13.2. The van der Waals surface area contributed by atoms with Gasteiger partial charge in [0.1, 0.15) is 11.6 Å². The van der Waals surface area contributed by atoms with Crippen LogP contribution in [-0.2, 0) is 0 Å². The smallest absolute Gasteiger partial charge is 0.340 e. The van der Waals surface area contributed by atoms with Gasteiger partial charge in [-0.05, 0) is 24.3 Å². The van der Waals surface area contributed by atoms with Crippen LogP contribution < -0.4 is 11.1 Å². The van der Waals surface area contributed by atoms with Crippen molar-refractivity contribution in [3.05, 3.63) is 54.1 Å². The molecule has 0 aliphatic rings. The number of aromatic nitrogens is 2. The zero-order chi connectivity index (χ0) is 15.0. The van der Waals surface area contributed by atoms with Gasteiger partial charge in [-0.2, -0.15) is 4.68 Å². The number of carbonyl (C=O) groups is 1. The average molecular weight is 288 g/mol. The molecule has 0 saturated heterocycles. The maximum Gasteiger partial charge on any atom is 0.340 e. The lowest BCUT2D eigenvalue weighted by Gasteiger charge is -2.04. The Kier molecular flexibility index (Phi) is 3.02. The van der Waals surface area contributed by atoms with Crippen molar-refractivity contribution in [2.24, 2.45) is 5.73 Å². The molecule has 2 aromatic carbocycles. The van der Waals surface area contributed by atoms with Gasteiger partial charge in [-0.3, -0.25) is 0 Å². The van der Waals surface area contributed by atoms with Crippen LogP contribution in [0.3, 0.4) is 0 Å². The highest BCUT2D eigenvalue weighted by atomic mass is 19.1. The number of primary amides is 1. The van der Waals surface area contributed by atoms with Crippen molar-refractivity contribution in [1.29, 1.82) is 0 Å². The summed E-state index contributed by atoms with van der Waals surface area (Å²) in [6.45, 7) is 0. The van der Waals surface area contributed by atoms with E-state index in [1.807, 2.05) is 0 Å². The minimum absolute atomic E-state index is 0.187. The van der Waals surface area contributed by atoms with Gasteiger partial charge in [0.25, 0.3) is 0 Å². The molecule has 3 rings (SSSR count). The molecular weight excluding hydrogens is 278 g/mol. The van der Waals surface area contributed by atoms with Gasteiger partial charge in [0.2, 0.25) is 0 Å². The highest BCUT2D eigenvalue weighted by Gasteiger charge is 2.13. The fourth-order valence-corrected chi connectivity index (χ4v) is 2.09. The Bertz CT molecular complexity index is 824. The van der Waals surface area contributed by atoms with E-state index < -0.39 is 17.7 Å². The molecule has 3 N–H and O–H groups in total. The molecule has 0 aliphatic heterocycles. The number of carbonyl (C=O) groups excluding carboxylic acids is 1. The van der Waals surface area contributed by atoms with Crippen LogP contribution in [0, 0.1) is 11.6 Å². The van der Waals surface area contributed by atoms with Crippen molar-refractivity contribution in [2.75, 3.05) is 5.32 Å². The minimum atomic E-state index is -0.746. The number of halogens is 2. The molecule has 3 aromatic rings. The number of nitrogens with one attached hydrogen (secondary N) is 1. The van der Waals surface area contributed by atoms with Gasteiger partial charge in [-0.25, -0.2) is 13.6 Å². The number of benzene rings is 2. The first-order valence-corrected chi connectivity index (χ1v) is 6.05. The zero-order valence-corrected chi connectivity index (χ0v) is 10.7. The van der Waals surface area contributed by atoms with Gasteiger partial charge in [-0.1, -0.05) is 12.1 Å². The Labute approximate surface area is 118 Å². The van der Waals surface area contributed by atoms with Crippen molar-refractivity contribution in [2.45, 2.75) is 0 Å². The highest BCUT2D eigenvalue weighted by molar-refractivity contribution is 5.97. The van der Waals surface area contributed by atoms with Crippen LogP contribution in [-0.4, -0.2) is 15.8 Å². The molecule has 7 heteroatoms. The Hall–Kier alpha value is -2.96. The lowest BCUT2D eigenvalue weighted by Crippen LogP contribution is -2.20. The van der Waals surface area contributed by atoms with Crippen molar-refractivity contribution >= 4 is 28.4 Å². The average Bonchev–Trinajstić information content (AvgIpc) is 2.77. The monoisotopic (exact) mass is 288 g/mol. The maximum absolute atomic E-state index is 13.2. The van der Waals surface area contributed by atoms with E-state index in [2.05, 4.69) is 10.4 Å². The highest BCUT2D eigenvalue weighted by Crippen LogP contribution is 2.26. The fourth-order valence-electron chi connectivity index (χ4n) is 2.09. The molecule has 5 nitrogen and oxygen atoms in total. The molecule has 21 heavy (non-hydrogen) atoms. The number of amides is 1. The van der Waals surface area contributed by atoms with E-state index in [9.17, 15) is 13.6 Å². The van der Waals surface area contributed by atoms with Gasteiger partial charge in [-0.15, -0.1) is 5.10 Å². The molecule has 0 spiro atoms. The molecule has 0 unspecified atom stereocenters. The van der Waals surface area contributed by atoms with Crippen LogP contribution in [0.4, 0.5) is 25.1 Å². The standard InChI is InChI=1S/C14H10F2N4O/c15-8-5-9(16)7-10(6-8)18-13-11-3-1-2-4-12(11)20(19-13)14(17)21/h1-7H,(H2,17,21)(H,18,19). The summed E-state index contributed by atoms with van der Waals surface area (Å²) in [6, 6.07) is 9.16. The third-order valence-corrected chi connectivity index (χ3v) is 2.92. The summed E-state index contributed by atoms with van der Waals surface area (Å²) in [5, 5.41) is 7.43. The molecule has 1 amide bonds. The number of hydrogen-bond acceptors (Lipinski definition) is 3. The number of nitrogens with zero attached hydrogens (tertiary/aromatic N) is 2. The lowest BCUT2D eigenvalue weighted by molar-refractivity contribution is 0.248. The van der Waals surface area contributed by atoms with Crippen LogP contribution in [0.1, 0.15) is 0 Å². The number of nitrogens with two attached hydrogens (primary N) is 1. The molecule has 0 radical (unpaired) electrons. The molecule has 0 saturated carbocycles. The number of rotatable bonds is 2. The van der Waals surface area contributed by atoms with Crippen LogP contribution in [0.5, 0.6) is 0 Å². The second-order valence-electron chi connectivity index (χ2n) is 4.40. The van der Waals surface area contributed by atoms with Crippen LogP contribution in [0.2, 0.25) is 0 Å². The van der Waals surface area contributed by atoms with E-state index in [0.29, 0.717) is 10.9 Å². The Morgan fingerprint density at radius 2 is 1.81 bits per heavy atom. The molecule has 0 aliphatic carbocycles. The van der Waals surface area contributed by atoms with E-state index in [1.165, 1.54) is 0 Å². The fraction of sp³-hybridized carbons (Fsp3) is 0. The van der Waals surface area contributed by atoms with Crippen molar-refractivity contribution in [1.82, 2.24) is 9.78 Å². The van der Waals surface area contributed by atoms with Gasteiger partial charge < -0.3 is 11.1 Å².